The lowest BCUT2D eigenvalue weighted by Gasteiger charge is -1.99. The number of H-pyrrole nitrogens is 2. The van der Waals surface area contributed by atoms with E-state index in [2.05, 4.69) is 132 Å². The lowest BCUT2D eigenvalue weighted by atomic mass is 10.1. The van der Waals surface area contributed by atoms with Crippen molar-refractivity contribution in [3.8, 4) is 22.8 Å². The van der Waals surface area contributed by atoms with Gasteiger partial charge >= 0.3 is 0 Å². The Morgan fingerprint density at radius 2 is 0.939 bits per heavy atom. The van der Waals surface area contributed by atoms with Gasteiger partial charge in [0, 0.05) is 43.4 Å². The highest BCUT2D eigenvalue weighted by Crippen LogP contribution is 2.36. The molecule has 6 bridgehead atoms. The Morgan fingerprint density at radius 1 is 0.455 bits per heavy atom. The number of halogens is 3. The van der Waals surface area contributed by atoms with Gasteiger partial charge in [-0.15, -0.1) is 0 Å². The van der Waals surface area contributed by atoms with Crippen LogP contribution in [-0.2, 0) is 0 Å². The summed E-state index contributed by atoms with van der Waals surface area (Å²) in [4.78, 5) is 26.7. The molecule has 0 unspecified atom stereocenters. The monoisotopic (exact) mass is 764 g/mol. The van der Waals surface area contributed by atoms with Crippen molar-refractivity contribution < 1.29 is 0 Å². The number of hydrogen-bond donors (Lipinski definition) is 2. The van der Waals surface area contributed by atoms with Crippen LogP contribution in [-0.4, -0.2) is 29.9 Å². The zero-order valence-corrected chi connectivity index (χ0v) is 23.1. The van der Waals surface area contributed by atoms with Gasteiger partial charge in [-0.25, -0.2) is 19.9 Å². The van der Waals surface area contributed by atoms with Crippen molar-refractivity contribution in [3.05, 3.63) is 65.3 Å². The summed E-state index contributed by atoms with van der Waals surface area (Å²) in [5.41, 5.74) is 4.99. The van der Waals surface area contributed by atoms with E-state index in [0.717, 1.165) is 66.0 Å². The van der Waals surface area contributed by atoms with Crippen LogP contribution in [0.25, 0.3) is 66.9 Å². The lowest BCUT2D eigenvalue weighted by Crippen LogP contribution is -1.83. The minimum absolute atomic E-state index is 0.653. The first-order valence-corrected chi connectivity index (χ1v) is 13.3. The Labute approximate surface area is 227 Å². The molecule has 3 aromatic carbocycles. The molecule has 0 aliphatic carbocycles. The molecule has 6 nitrogen and oxygen atoms in total. The van der Waals surface area contributed by atoms with Crippen molar-refractivity contribution >= 4 is 112 Å². The van der Waals surface area contributed by atoms with Crippen LogP contribution in [0.3, 0.4) is 0 Å². The summed E-state index contributed by atoms with van der Waals surface area (Å²) in [6.07, 6.45) is 0. The second-order valence-electron chi connectivity index (χ2n) is 7.81. The maximum atomic E-state index is 5.01. The molecule has 7 rings (SSSR count). The summed E-state index contributed by atoms with van der Waals surface area (Å²) < 4.78 is 3.41. The third-order valence-corrected chi connectivity index (χ3v) is 7.80. The molecule has 9 heteroatoms. The summed E-state index contributed by atoms with van der Waals surface area (Å²) in [7, 11) is 0. The van der Waals surface area contributed by atoms with E-state index in [-0.39, 0.29) is 0 Å². The third-order valence-electron chi connectivity index (χ3n) is 5.79. The summed E-state index contributed by atoms with van der Waals surface area (Å²) in [5, 5.41) is 4.08. The van der Waals surface area contributed by atoms with Crippen LogP contribution in [0.5, 0.6) is 0 Å². The highest BCUT2D eigenvalue weighted by Gasteiger charge is 2.20. The molecule has 0 amide bonds. The summed E-state index contributed by atoms with van der Waals surface area (Å²) in [6, 6.07) is 18.9. The van der Waals surface area contributed by atoms with Crippen LogP contribution in [0.4, 0.5) is 0 Å². The van der Waals surface area contributed by atoms with Gasteiger partial charge in [-0.2, -0.15) is 0 Å². The fourth-order valence-electron chi connectivity index (χ4n) is 4.30. The Bertz CT molecular complexity index is 1870. The van der Waals surface area contributed by atoms with E-state index >= 15 is 0 Å². The Kier molecular flexibility index (Phi) is 4.56. The number of hydrogen-bond acceptors (Lipinski definition) is 4. The fraction of sp³-hybridized carbons (Fsp3) is 0. The van der Waals surface area contributed by atoms with Gasteiger partial charge in [0.05, 0.1) is 0 Å². The van der Waals surface area contributed by atoms with Crippen LogP contribution in [0.2, 0.25) is 0 Å². The van der Waals surface area contributed by atoms with Crippen molar-refractivity contribution in [2.45, 2.75) is 0 Å². The molecule has 33 heavy (non-hydrogen) atoms. The first kappa shape index (κ1) is 20.3. The van der Waals surface area contributed by atoms with Gasteiger partial charge < -0.3 is 9.97 Å². The maximum absolute atomic E-state index is 5.01. The molecular weight excluding hydrogens is 753 g/mol. The van der Waals surface area contributed by atoms with Crippen LogP contribution < -0.4 is 0 Å². The molecule has 0 spiro atoms. The number of benzene rings is 3. The summed E-state index contributed by atoms with van der Waals surface area (Å²) in [6.45, 7) is 0. The second-order valence-corrected chi connectivity index (χ2v) is 11.5. The molecular formula is C24H11I3N6. The SMILES string of the molecule is Ic1ccc2c(c1)-c1nc-2nc2[nH]c(nc3[nH]c(n1)c1ccc(I)cc31)c1ccc(I)cc21. The normalized spacial score (nSPS) is 12.1. The zero-order chi connectivity index (χ0) is 22.3. The van der Waals surface area contributed by atoms with Gasteiger partial charge in [-0.1, -0.05) is 0 Å². The number of nitrogens with one attached hydrogen (secondary N) is 2. The molecule has 0 radical (unpaired) electrons. The topological polar surface area (TPSA) is 83.1 Å². The average molecular weight is 764 g/mol. The molecule has 0 saturated heterocycles. The van der Waals surface area contributed by atoms with E-state index in [1.165, 1.54) is 0 Å². The number of rotatable bonds is 0. The van der Waals surface area contributed by atoms with Crippen molar-refractivity contribution in [1.29, 1.82) is 0 Å². The van der Waals surface area contributed by atoms with Gasteiger partial charge in [0.2, 0.25) is 0 Å². The maximum Gasteiger partial charge on any atom is 0.164 e. The predicted molar refractivity (Wildman–Crippen MR) is 157 cm³/mol. The zero-order valence-electron chi connectivity index (χ0n) is 16.6. The third kappa shape index (κ3) is 3.22. The van der Waals surface area contributed by atoms with Gasteiger partial charge in [0.1, 0.15) is 22.6 Å². The molecule has 6 aromatic rings. The number of aromatic nitrogens is 6. The van der Waals surface area contributed by atoms with Gasteiger partial charge in [-0.05, 0) is 122 Å². The van der Waals surface area contributed by atoms with Crippen molar-refractivity contribution in [2.75, 3.05) is 0 Å². The van der Waals surface area contributed by atoms with E-state index in [1.807, 2.05) is 0 Å². The van der Waals surface area contributed by atoms with Gasteiger partial charge in [0.15, 0.2) is 11.6 Å². The van der Waals surface area contributed by atoms with E-state index in [9.17, 15) is 0 Å². The minimum atomic E-state index is 0.653. The molecule has 0 saturated carbocycles. The summed E-state index contributed by atoms with van der Waals surface area (Å²) in [5.74, 6) is 1.31. The molecule has 2 N–H and O–H groups in total. The molecule has 0 fully saturated rings. The van der Waals surface area contributed by atoms with Gasteiger partial charge in [-0.3, -0.25) is 0 Å². The number of aromatic amines is 2. The fourth-order valence-corrected chi connectivity index (χ4v) is 5.77. The Morgan fingerprint density at radius 3 is 1.61 bits per heavy atom. The van der Waals surface area contributed by atoms with Crippen LogP contribution in [0.1, 0.15) is 0 Å². The number of fused-ring (bicyclic) bond motifs is 15. The smallest absolute Gasteiger partial charge is 0.164 e. The molecule has 0 atom stereocenters. The Balaban J connectivity index is 1.76. The molecule has 158 valence electrons. The van der Waals surface area contributed by atoms with Crippen molar-refractivity contribution in [2.24, 2.45) is 0 Å². The molecule has 4 heterocycles. The van der Waals surface area contributed by atoms with Gasteiger partial charge in [0.25, 0.3) is 0 Å². The lowest BCUT2D eigenvalue weighted by molar-refractivity contribution is 1.20. The largest absolute Gasteiger partial charge is 0.324 e. The average Bonchev–Trinajstić information content (AvgIpc) is 3.41. The summed E-state index contributed by atoms with van der Waals surface area (Å²) >= 11 is 6.98. The highest BCUT2D eigenvalue weighted by molar-refractivity contribution is 14.1. The first-order chi connectivity index (χ1) is 16.0. The quantitative estimate of drug-likeness (QED) is 0.161. The minimum Gasteiger partial charge on any atom is -0.324 e. The van der Waals surface area contributed by atoms with Crippen molar-refractivity contribution in [1.82, 2.24) is 29.9 Å². The molecule has 1 aliphatic rings. The van der Waals surface area contributed by atoms with Crippen LogP contribution in [0, 0.1) is 10.7 Å². The number of nitrogens with zero attached hydrogens (tertiary/aromatic N) is 4. The molecule has 3 aromatic heterocycles. The first-order valence-electron chi connectivity index (χ1n) is 10.1. The van der Waals surface area contributed by atoms with Crippen molar-refractivity contribution in [3.63, 3.8) is 0 Å². The van der Waals surface area contributed by atoms with Crippen LogP contribution in [0.15, 0.2) is 54.6 Å². The van der Waals surface area contributed by atoms with E-state index < -0.39 is 0 Å². The highest BCUT2D eigenvalue weighted by atomic mass is 127. The standard InChI is InChI=1S/C24H11I3N6/c25-10-1-4-13-16(7-10)22-28-19(13)31-23-17-8-11(26)2-5-14(17)21(29-23)33-24-18-9-12(27)3-6-15(18)20(30-24)32-22/h1-9H,(H2,28,29,30,31,32,33). The van der Waals surface area contributed by atoms with E-state index in [1.54, 1.807) is 0 Å². The van der Waals surface area contributed by atoms with E-state index in [4.69, 9.17) is 19.9 Å². The van der Waals surface area contributed by atoms with Crippen LogP contribution >= 0.6 is 67.8 Å². The second kappa shape index (κ2) is 7.43. The van der Waals surface area contributed by atoms with E-state index in [0.29, 0.717) is 11.6 Å². The Hall–Kier alpha value is -2.13. The predicted octanol–water partition coefficient (Wildman–Crippen LogP) is 7.12. The molecule has 1 aliphatic heterocycles.